The number of nitrogens with zero attached hydrogens (tertiary/aromatic N) is 3. The maximum Gasteiger partial charge on any atom is 0.310 e. The number of carboxylic acids is 1. The molecular formula is C13H19N3O2. The summed E-state index contributed by atoms with van der Waals surface area (Å²) >= 11 is 0. The molecule has 0 saturated carbocycles. The number of likely N-dealkylation sites (tertiary alicyclic amines) is 1. The second kappa shape index (κ2) is 5.02. The van der Waals surface area contributed by atoms with Crippen LogP contribution in [0.3, 0.4) is 0 Å². The number of aliphatic carboxylic acids is 1. The highest BCUT2D eigenvalue weighted by atomic mass is 16.4. The molecule has 0 amide bonds. The molecule has 1 saturated heterocycles. The normalized spacial score (nSPS) is 26.1. The van der Waals surface area contributed by atoms with Crippen LogP contribution >= 0.6 is 0 Å². The zero-order valence-corrected chi connectivity index (χ0v) is 10.8. The number of hydrogen-bond acceptors (Lipinski definition) is 4. The molecule has 18 heavy (non-hydrogen) atoms. The summed E-state index contributed by atoms with van der Waals surface area (Å²) in [5.41, 5.74) is 0.311. The van der Waals surface area contributed by atoms with Crippen LogP contribution in [0.1, 0.15) is 38.4 Å². The second-order valence-electron chi connectivity index (χ2n) is 4.97. The third-order valence-electron chi connectivity index (χ3n) is 4.07. The molecular weight excluding hydrogens is 230 g/mol. The van der Waals surface area contributed by atoms with E-state index >= 15 is 0 Å². The topological polar surface area (TPSA) is 66.3 Å². The van der Waals surface area contributed by atoms with Crippen LogP contribution in [0.2, 0.25) is 0 Å². The summed E-state index contributed by atoms with van der Waals surface area (Å²) in [6.07, 6.45) is 6.45. The standard InChI is InChI=1S/C13H19N3O2/c1-3-13(12(17)18)4-7-16(9-13)10(2)11-8-14-5-6-15-11/h5-6,8,10H,3-4,7,9H2,1-2H3,(H,17,18). The predicted molar refractivity (Wildman–Crippen MR) is 67.0 cm³/mol. The molecule has 1 aromatic rings. The Balaban J connectivity index is 2.11. The van der Waals surface area contributed by atoms with E-state index < -0.39 is 11.4 Å². The second-order valence-corrected chi connectivity index (χ2v) is 4.97. The summed E-state index contributed by atoms with van der Waals surface area (Å²) in [6, 6.07) is 0.117. The van der Waals surface area contributed by atoms with Crippen LogP contribution in [0, 0.1) is 5.41 Å². The molecule has 2 rings (SSSR count). The number of hydrogen-bond donors (Lipinski definition) is 1. The van der Waals surface area contributed by atoms with Crippen LogP contribution in [-0.2, 0) is 4.79 Å². The molecule has 1 fully saturated rings. The molecule has 0 radical (unpaired) electrons. The minimum absolute atomic E-state index is 0.117. The van der Waals surface area contributed by atoms with Crippen LogP contribution in [0.15, 0.2) is 18.6 Å². The van der Waals surface area contributed by atoms with Crippen molar-refractivity contribution in [2.24, 2.45) is 5.41 Å². The van der Waals surface area contributed by atoms with Gasteiger partial charge >= 0.3 is 5.97 Å². The molecule has 98 valence electrons. The molecule has 2 atom stereocenters. The van der Waals surface area contributed by atoms with E-state index in [-0.39, 0.29) is 6.04 Å². The number of carboxylic acid groups (broad SMARTS) is 1. The molecule has 1 aliphatic rings. The lowest BCUT2D eigenvalue weighted by molar-refractivity contribution is -0.148. The van der Waals surface area contributed by atoms with Crippen molar-refractivity contribution in [2.45, 2.75) is 32.7 Å². The first-order chi connectivity index (χ1) is 8.59. The Labute approximate surface area is 107 Å². The van der Waals surface area contributed by atoms with Crippen molar-refractivity contribution in [3.8, 4) is 0 Å². The third kappa shape index (κ3) is 2.22. The maximum atomic E-state index is 11.4. The van der Waals surface area contributed by atoms with Crippen molar-refractivity contribution >= 4 is 5.97 Å². The van der Waals surface area contributed by atoms with Gasteiger partial charge in [-0.05, 0) is 26.3 Å². The van der Waals surface area contributed by atoms with Crippen molar-refractivity contribution in [1.29, 1.82) is 0 Å². The van der Waals surface area contributed by atoms with Crippen molar-refractivity contribution in [3.63, 3.8) is 0 Å². The Kier molecular flexibility index (Phi) is 3.61. The Morgan fingerprint density at radius 2 is 2.39 bits per heavy atom. The van der Waals surface area contributed by atoms with E-state index in [1.54, 1.807) is 18.6 Å². The SMILES string of the molecule is CCC1(C(=O)O)CCN(C(C)c2cnccn2)C1. The Morgan fingerprint density at radius 1 is 1.61 bits per heavy atom. The van der Waals surface area contributed by atoms with E-state index in [1.165, 1.54) is 0 Å². The molecule has 1 N–H and O–H groups in total. The smallest absolute Gasteiger partial charge is 0.310 e. The fraction of sp³-hybridized carbons (Fsp3) is 0.615. The van der Waals surface area contributed by atoms with Gasteiger partial charge < -0.3 is 5.11 Å². The number of aromatic nitrogens is 2. The van der Waals surface area contributed by atoms with Gasteiger partial charge in [0.15, 0.2) is 0 Å². The highest BCUT2D eigenvalue weighted by Crippen LogP contribution is 2.37. The monoisotopic (exact) mass is 249 g/mol. The van der Waals surface area contributed by atoms with E-state index in [0.29, 0.717) is 19.4 Å². The third-order valence-corrected chi connectivity index (χ3v) is 4.07. The molecule has 0 aromatic carbocycles. The van der Waals surface area contributed by atoms with Gasteiger partial charge in [0.2, 0.25) is 0 Å². The van der Waals surface area contributed by atoms with Gasteiger partial charge in [-0.1, -0.05) is 6.92 Å². The van der Waals surface area contributed by atoms with E-state index in [4.69, 9.17) is 0 Å². The molecule has 0 bridgehead atoms. The first-order valence-electron chi connectivity index (χ1n) is 6.32. The van der Waals surface area contributed by atoms with Crippen LogP contribution < -0.4 is 0 Å². The van der Waals surface area contributed by atoms with E-state index in [2.05, 4.69) is 21.8 Å². The lowest BCUT2D eigenvalue weighted by Gasteiger charge is -2.26. The fourth-order valence-electron chi connectivity index (χ4n) is 2.56. The van der Waals surface area contributed by atoms with E-state index in [0.717, 1.165) is 12.2 Å². The first-order valence-corrected chi connectivity index (χ1v) is 6.32. The molecule has 0 aliphatic carbocycles. The maximum absolute atomic E-state index is 11.4. The van der Waals surface area contributed by atoms with Crippen LogP contribution in [0.4, 0.5) is 0 Å². The lowest BCUT2D eigenvalue weighted by atomic mass is 9.84. The van der Waals surface area contributed by atoms with Gasteiger partial charge in [0, 0.05) is 25.1 Å². The first kappa shape index (κ1) is 13.0. The molecule has 2 heterocycles. The summed E-state index contributed by atoms with van der Waals surface area (Å²) in [7, 11) is 0. The fourth-order valence-corrected chi connectivity index (χ4v) is 2.56. The molecule has 5 heteroatoms. The zero-order chi connectivity index (χ0) is 13.2. The summed E-state index contributed by atoms with van der Waals surface area (Å²) < 4.78 is 0. The van der Waals surface area contributed by atoms with Crippen molar-refractivity contribution in [2.75, 3.05) is 13.1 Å². The molecule has 2 unspecified atom stereocenters. The van der Waals surface area contributed by atoms with E-state index in [9.17, 15) is 9.90 Å². The summed E-state index contributed by atoms with van der Waals surface area (Å²) in [5, 5.41) is 9.38. The van der Waals surface area contributed by atoms with Crippen molar-refractivity contribution in [3.05, 3.63) is 24.3 Å². The number of rotatable bonds is 4. The van der Waals surface area contributed by atoms with Gasteiger partial charge in [-0.2, -0.15) is 0 Å². The minimum Gasteiger partial charge on any atom is -0.481 e. The predicted octanol–water partition coefficient (Wildman–Crippen LogP) is 1.72. The van der Waals surface area contributed by atoms with Gasteiger partial charge in [0.1, 0.15) is 0 Å². The van der Waals surface area contributed by atoms with Gasteiger partial charge in [-0.25, -0.2) is 0 Å². The molecule has 1 aliphatic heterocycles. The quantitative estimate of drug-likeness (QED) is 0.880. The van der Waals surface area contributed by atoms with Crippen LogP contribution in [-0.4, -0.2) is 39.0 Å². The van der Waals surface area contributed by atoms with E-state index in [1.807, 2.05) is 6.92 Å². The van der Waals surface area contributed by atoms with Crippen LogP contribution in [0.5, 0.6) is 0 Å². The molecule has 0 spiro atoms. The van der Waals surface area contributed by atoms with Gasteiger partial charge in [-0.3, -0.25) is 19.7 Å². The Hall–Kier alpha value is -1.49. The summed E-state index contributed by atoms with van der Waals surface area (Å²) in [6.45, 7) is 5.40. The van der Waals surface area contributed by atoms with Gasteiger partial charge in [-0.15, -0.1) is 0 Å². The Morgan fingerprint density at radius 3 is 2.89 bits per heavy atom. The average molecular weight is 249 g/mol. The highest BCUT2D eigenvalue weighted by molar-refractivity contribution is 5.75. The lowest BCUT2D eigenvalue weighted by Crippen LogP contribution is -2.35. The number of carbonyl (C=O) groups is 1. The Bertz CT molecular complexity index is 424. The van der Waals surface area contributed by atoms with Gasteiger partial charge in [0.25, 0.3) is 0 Å². The van der Waals surface area contributed by atoms with Gasteiger partial charge in [0.05, 0.1) is 17.2 Å². The summed E-state index contributed by atoms with van der Waals surface area (Å²) in [4.78, 5) is 21.9. The minimum atomic E-state index is -0.682. The highest BCUT2D eigenvalue weighted by Gasteiger charge is 2.44. The van der Waals surface area contributed by atoms with Crippen LogP contribution in [0.25, 0.3) is 0 Å². The molecule has 1 aromatic heterocycles. The molecule has 5 nitrogen and oxygen atoms in total. The van der Waals surface area contributed by atoms with Crippen molar-refractivity contribution in [1.82, 2.24) is 14.9 Å². The zero-order valence-electron chi connectivity index (χ0n) is 10.8. The largest absolute Gasteiger partial charge is 0.481 e. The average Bonchev–Trinajstić information content (AvgIpc) is 2.84. The summed E-state index contributed by atoms with van der Waals surface area (Å²) in [5.74, 6) is -0.682. The van der Waals surface area contributed by atoms with Crippen molar-refractivity contribution < 1.29 is 9.90 Å².